The van der Waals surface area contributed by atoms with Crippen molar-refractivity contribution >= 4 is 39.4 Å². The van der Waals surface area contributed by atoms with Crippen LogP contribution in [0.2, 0.25) is 0 Å². The summed E-state index contributed by atoms with van der Waals surface area (Å²) >= 11 is 0. The number of hydrogen-bond acceptors (Lipinski definition) is 7. The minimum atomic E-state index is -3.73. The van der Waals surface area contributed by atoms with Crippen molar-refractivity contribution in [2.75, 3.05) is 12.3 Å². The number of amides is 5. The summed E-state index contributed by atoms with van der Waals surface area (Å²) in [6.07, 6.45) is 8.84. The SMILES string of the molecule is C#CCCC(NC(=O)[C@@H]1[C@@H]2C(CN1C(=O)[C@@H](NC(=O)NC1(CS(=O)(=O)c3ccccc3)CCCCC1)C(C)(C)C)C2(C)C)C(=O)C(N)=O. The van der Waals surface area contributed by atoms with Gasteiger partial charge < -0.3 is 26.6 Å². The van der Waals surface area contributed by atoms with E-state index in [1.54, 1.807) is 39.0 Å². The van der Waals surface area contributed by atoms with Crippen LogP contribution in [-0.4, -0.2) is 78.8 Å². The highest BCUT2D eigenvalue weighted by molar-refractivity contribution is 7.91. The maximum atomic E-state index is 14.3. The highest BCUT2D eigenvalue weighted by Gasteiger charge is 2.70. The largest absolute Gasteiger partial charge is 0.363 e. The van der Waals surface area contributed by atoms with E-state index in [-0.39, 0.29) is 47.3 Å². The van der Waals surface area contributed by atoms with Crippen LogP contribution in [-0.2, 0) is 29.0 Å². The van der Waals surface area contributed by atoms with Gasteiger partial charge in [-0.1, -0.05) is 72.1 Å². The van der Waals surface area contributed by atoms with Crippen molar-refractivity contribution in [3.8, 4) is 12.3 Å². The van der Waals surface area contributed by atoms with Crippen molar-refractivity contribution in [3.05, 3.63) is 30.3 Å². The summed E-state index contributed by atoms with van der Waals surface area (Å²) in [6.45, 7) is 9.67. The number of nitrogens with one attached hydrogen (secondary N) is 3. The van der Waals surface area contributed by atoms with E-state index < -0.39 is 68.5 Å². The maximum absolute atomic E-state index is 14.3. The van der Waals surface area contributed by atoms with Crippen LogP contribution < -0.4 is 21.7 Å². The number of sulfone groups is 1. The number of carbonyl (C=O) groups excluding carboxylic acids is 5. The molecule has 5 N–H and O–H groups in total. The van der Waals surface area contributed by atoms with E-state index in [0.29, 0.717) is 12.8 Å². The van der Waals surface area contributed by atoms with Gasteiger partial charge in [-0.15, -0.1) is 12.3 Å². The predicted molar refractivity (Wildman–Crippen MR) is 180 cm³/mol. The molecule has 1 aromatic rings. The van der Waals surface area contributed by atoms with Gasteiger partial charge in [0.15, 0.2) is 9.84 Å². The number of piperidine rings is 1. The van der Waals surface area contributed by atoms with E-state index in [0.717, 1.165) is 19.3 Å². The minimum Gasteiger partial charge on any atom is -0.363 e. The Labute approximate surface area is 283 Å². The Balaban J connectivity index is 1.56. The van der Waals surface area contributed by atoms with Crippen molar-refractivity contribution in [2.24, 2.45) is 28.4 Å². The second-order valence-corrected chi connectivity index (χ2v) is 17.2. The molecular weight excluding hydrogens is 634 g/mol. The number of rotatable bonds is 12. The van der Waals surface area contributed by atoms with E-state index in [1.165, 1.54) is 17.0 Å². The van der Waals surface area contributed by atoms with Gasteiger partial charge >= 0.3 is 6.03 Å². The standard InChI is InChI=1S/C35H49N5O7S/c1-7-8-17-24(27(41)29(36)42)37-30(43)26-25-23(34(25,5)6)20-40(26)31(44)28(33(2,3)4)38-32(45)39-35(18-13-10-14-19-35)21-48(46,47)22-15-11-9-12-16-22/h1,9,11-12,15-16,23-26,28H,8,10,13-14,17-21H2,2-6H3,(H2,36,42)(H,37,43)(H2,38,39,45)/t23?,24?,25-,26-,28+/m0/s1. The van der Waals surface area contributed by atoms with E-state index in [4.69, 9.17) is 12.2 Å². The number of ketones is 1. The van der Waals surface area contributed by atoms with E-state index in [1.807, 2.05) is 13.8 Å². The van der Waals surface area contributed by atoms with E-state index in [9.17, 15) is 32.4 Å². The maximum Gasteiger partial charge on any atom is 0.315 e. The third kappa shape index (κ3) is 7.86. The smallest absolute Gasteiger partial charge is 0.315 e. The summed E-state index contributed by atoms with van der Waals surface area (Å²) in [5, 5.41) is 8.43. The topological polar surface area (TPSA) is 185 Å². The lowest BCUT2D eigenvalue weighted by Crippen LogP contribution is -2.63. The Hall–Kier alpha value is -3.92. The summed E-state index contributed by atoms with van der Waals surface area (Å²) in [5.74, 6) is -1.32. The first-order chi connectivity index (χ1) is 22.3. The number of carbonyl (C=O) groups is 5. The molecule has 1 aliphatic heterocycles. The number of urea groups is 1. The van der Waals surface area contributed by atoms with Crippen LogP contribution in [0.3, 0.4) is 0 Å². The Morgan fingerprint density at radius 3 is 2.23 bits per heavy atom. The van der Waals surface area contributed by atoms with Crippen LogP contribution in [0, 0.1) is 35.0 Å². The summed E-state index contributed by atoms with van der Waals surface area (Å²) < 4.78 is 26.9. The van der Waals surface area contributed by atoms with Gasteiger partial charge in [0.1, 0.15) is 12.1 Å². The van der Waals surface area contributed by atoms with Gasteiger partial charge in [0.25, 0.3) is 5.91 Å². The van der Waals surface area contributed by atoms with Crippen molar-refractivity contribution in [1.29, 1.82) is 0 Å². The number of nitrogens with two attached hydrogens (primary N) is 1. The molecule has 0 spiro atoms. The zero-order valence-corrected chi connectivity index (χ0v) is 29.3. The van der Waals surface area contributed by atoms with Gasteiger partial charge in [0.05, 0.1) is 22.2 Å². The van der Waals surface area contributed by atoms with Crippen LogP contribution in [0.15, 0.2) is 35.2 Å². The Morgan fingerprint density at radius 1 is 1.04 bits per heavy atom. The lowest BCUT2D eigenvalue weighted by Gasteiger charge is -2.40. The highest BCUT2D eigenvalue weighted by Crippen LogP contribution is 2.65. The fourth-order valence-electron chi connectivity index (χ4n) is 7.57. The molecule has 2 aliphatic carbocycles. The first kappa shape index (κ1) is 36.9. The third-order valence-corrected chi connectivity index (χ3v) is 12.3. The Morgan fingerprint density at radius 2 is 1.67 bits per heavy atom. The third-order valence-electron chi connectivity index (χ3n) is 10.4. The van der Waals surface area contributed by atoms with Crippen molar-refractivity contribution in [2.45, 2.75) is 108 Å². The molecule has 5 atom stereocenters. The molecule has 0 aromatic heterocycles. The average Bonchev–Trinajstić information content (AvgIpc) is 3.32. The number of likely N-dealkylation sites (tertiary alicyclic amines) is 1. The molecule has 262 valence electrons. The fourth-order valence-corrected chi connectivity index (χ4v) is 9.40. The summed E-state index contributed by atoms with van der Waals surface area (Å²) in [7, 11) is -3.73. The summed E-state index contributed by atoms with van der Waals surface area (Å²) in [5.41, 5.74) is 3.16. The lowest BCUT2D eigenvalue weighted by atomic mass is 9.83. The number of hydrogen-bond donors (Lipinski definition) is 4. The van der Waals surface area contributed by atoms with Crippen LogP contribution in [0.5, 0.6) is 0 Å². The minimum absolute atomic E-state index is 0.0102. The Kier molecular flexibility index (Phi) is 10.7. The van der Waals surface area contributed by atoms with Crippen LogP contribution >= 0.6 is 0 Å². The van der Waals surface area contributed by atoms with Gasteiger partial charge in [-0.25, -0.2) is 13.2 Å². The quantitative estimate of drug-likeness (QED) is 0.192. The van der Waals surface area contributed by atoms with Crippen molar-refractivity contribution in [1.82, 2.24) is 20.9 Å². The summed E-state index contributed by atoms with van der Waals surface area (Å²) in [6, 6.07) is 4.19. The fraction of sp³-hybridized carbons (Fsp3) is 0.629. The number of terminal acetylenes is 1. The van der Waals surface area contributed by atoms with Gasteiger partial charge in [-0.3, -0.25) is 19.2 Å². The summed E-state index contributed by atoms with van der Waals surface area (Å²) in [4.78, 5) is 67.7. The molecule has 4 rings (SSSR count). The number of benzene rings is 1. The molecule has 3 fully saturated rings. The molecule has 5 amide bonds. The molecule has 2 saturated carbocycles. The molecule has 1 saturated heterocycles. The van der Waals surface area contributed by atoms with Crippen LogP contribution in [0.1, 0.15) is 79.6 Å². The molecule has 1 heterocycles. The van der Waals surface area contributed by atoms with E-state index >= 15 is 0 Å². The lowest BCUT2D eigenvalue weighted by molar-refractivity contribution is -0.145. The van der Waals surface area contributed by atoms with E-state index in [2.05, 4.69) is 21.9 Å². The average molecular weight is 684 g/mol. The molecule has 0 radical (unpaired) electrons. The van der Waals surface area contributed by atoms with Crippen molar-refractivity contribution in [3.63, 3.8) is 0 Å². The molecule has 48 heavy (non-hydrogen) atoms. The molecular formula is C35H49N5O7S. The number of fused-ring (bicyclic) bond motifs is 1. The van der Waals surface area contributed by atoms with Gasteiger partial charge in [0.2, 0.25) is 17.6 Å². The second-order valence-electron chi connectivity index (χ2n) is 15.2. The number of nitrogens with zero attached hydrogens (tertiary/aromatic N) is 1. The molecule has 3 aliphatic rings. The number of Topliss-reactive ketones (excluding diaryl/α,β-unsaturated/α-hetero) is 1. The molecule has 1 aromatic carbocycles. The zero-order chi connectivity index (χ0) is 35.7. The normalized spacial score (nSPS) is 23.8. The predicted octanol–water partition coefficient (Wildman–Crippen LogP) is 2.31. The number of primary amides is 1. The monoisotopic (exact) mass is 683 g/mol. The molecule has 12 nitrogen and oxygen atoms in total. The van der Waals surface area contributed by atoms with Gasteiger partial charge in [-0.2, -0.15) is 0 Å². The second kappa shape index (κ2) is 13.9. The van der Waals surface area contributed by atoms with Gasteiger partial charge in [-0.05, 0) is 54.1 Å². The van der Waals surface area contributed by atoms with Crippen LogP contribution in [0.25, 0.3) is 0 Å². The first-order valence-electron chi connectivity index (χ1n) is 16.6. The first-order valence-corrected chi connectivity index (χ1v) is 18.2. The Bertz CT molecular complexity index is 1570. The molecule has 0 bridgehead atoms. The zero-order valence-electron chi connectivity index (χ0n) is 28.5. The molecule has 2 unspecified atom stereocenters. The molecule has 13 heteroatoms. The highest BCUT2D eigenvalue weighted by atomic mass is 32.2. The van der Waals surface area contributed by atoms with Gasteiger partial charge in [0, 0.05) is 13.0 Å². The van der Waals surface area contributed by atoms with Crippen molar-refractivity contribution < 1.29 is 32.4 Å². The van der Waals surface area contributed by atoms with Crippen LogP contribution in [0.4, 0.5) is 4.79 Å².